The first-order valence-electron chi connectivity index (χ1n) is 8.23. The molecule has 0 atom stereocenters. The van der Waals surface area contributed by atoms with E-state index in [1.165, 1.54) is 5.56 Å². The molecule has 2 rings (SSSR count). The Balaban J connectivity index is 1.68. The van der Waals surface area contributed by atoms with E-state index in [0.717, 1.165) is 31.0 Å². The van der Waals surface area contributed by atoms with Gasteiger partial charge in [0.25, 0.3) is 0 Å². The average molecular weight is 317 g/mol. The number of nitrogens with zero attached hydrogens (tertiary/aromatic N) is 3. The monoisotopic (exact) mass is 317 g/mol. The maximum Gasteiger partial charge on any atom is 0.240 e. The van der Waals surface area contributed by atoms with E-state index >= 15 is 0 Å². The smallest absolute Gasteiger partial charge is 0.240 e. The Kier molecular flexibility index (Phi) is 6.59. The van der Waals surface area contributed by atoms with E-state index in [1.807, 2.05) is 18.2 Å². The number of hydrogen-bond acceptors (Lipinski definition) is 5. The van der Waals surface area contributed by atoms with Crippen LogP contribution in [0.5, 0.6) is 5.75 Å². The van der Waals surface area contributed by atoms with Gasteiger partial charge in [0.2, 0.25) is 5.89 Å². The van der Waals surface area contributed by atoms with Crippen molar-refractivity contribution in [1.82, 2.24) is 15.0 Å². The second-order valence-electron chi connectivity index (χ2n) is 6.41. The summed E-state index contributed by atoms with van der Waals surface area (Å²) < 4.78 is 11.1. The highest BCUT2D eigenvalue weighted by Gasteiger charge is 2.10. The van der Waals surface area contributed by atoms with Crippen LogP contribution in [0.1, 0.15) is 37.5 Å². The number of hydrogen-bond donors (Lipinski definition) is 0. The quantitative estimate of drug-likeness (QED) is 0.663. The molecule has 0 unspecified atom stereocenters. The lowest BCUT2D eigenvalue weighted by molar-refractivity contribution is 0.234. The summed E-state index contributed by atoms with van der Waals surface area (Å²) in [6, 6.07) is 8.09. The maximum absolute atomic E-state index is 5.81. The summed E-state index contributed by atoms with van der Waals surface area (Å²) in [5.41, 5.74) is 1.17. The van der Waals surface area contributed by atoms with Gasteiger partial charge in [0, 0.05) is 13.0 Å². The molecule has 0 aliphatic rings. The van der Waals surface area contributed by atoms with E-state index in [4.69, 9.17) is 9.26 Å². The van der Waals surface area contributed by atoms with Crippen LogP contribution in [0.25, 0.3) is 0 Å². The molecule has 1 heterocycles. The molecule has 0 fully saturated rings. The first-order valence-corrected chi connectivity index (χ1v) is 8.23. The fraction of sp³-hybridized carbons (Fsp3) is 0.556. The van der Waals surface area contributed by atoms with Gasteiger partial charge in [-0.05, 0) is 37.9 Å². The summed E-state index contributed by atoms with van der Waals surface area (Å²) in [5, 5.41) is 4.02. The third-order valence-electron chi connectivity index (χ3n) is 3.54. The van der Waals surface area contributed by atoms with Crippen molar-refractivity contribution in [2.45, 2.75) is 40.2 Å². The van der Waals surface area contributed by atoms with E-state index in [9.17, 15) is 0 Å². The molecule has 23 heavy (non-hydrogen) atoms. The Morgan fingerprint density at radius 3 is 2.78 bits per heavy atom. The summed E-state index contributed by atoms with van der Waals surface area (Å²) in [7, 11) is 2.06. The fourth-order valence-electron chi connectivity index (χ4n) is 2.35. The Labute approximate surface area is 138 Å². The Bertz CT molecular complexity index is 595. The van der Waals surface area contributed by atoms with Crippen LogP contribution in [0.3, 0.4) is 0 Å². The zero-order valence-electron chi connectivity index (χ0n) is 14.6. The Morgan fingerprint density at radius 1 is 1.26 bits per heavy atom. The number of aromatic nitrogens is 2. The number of benzene rings is 1. The van der Waals surface area contributed by atoms with E-state index in [2.05, 4.69) is 48.9 Å². The molecule has 5 nitrogen and oxygen atoms in total. The lowest BCUT2D eigenvalue weighted by Gasteiger charge is -2.14. The largest absolute Gasteiger partial charge is 0.493 e. The molecular weight excluding hydrogens is 290 g/mol. The van der Waals surface area contributed by atoms with Crippen LogP contribution in [0.4, 0.5) is 0 Å². The van der Waals surface area contributed by atoms with Gasteiger partial charge in [-0.2, -0.15) is 4.98 Å². The summed E-state index contributed by atoms with van der Waals surface area (Å²) in [6.07, 6.45) is 1.81. The lowest BCUT2D eigenvalue weighted by atomic mass is 10.1. The molecule has 0 saturated carbocycles. The van der Waals surface area contributed by atoms with Gasteiger partial charge in [-0.3, -0.25) is 4.90 Å². The van der Waals surface area contributed by atoms with Gasteiger partial charge in [-0.25, -0.2) is 0 Å². The van der Waals surface area contributed by atoms with E-state index in [-0.39, 0.29) is 0 Å². The molecule has 0 bridgehead atoms. The minimum absolute atomic E-state index is 0.539. The topological polar surface area (TPSA) is 51.4 Å². The summed E-state index contributed by atoms with van der Waals surface area (Å²) in [5.74, 6) is 2.98. The average Bonchev–Trinajstić information content (AvgIpc) is 2.91. The summed E-state index contributed by atoms with van der Waals surface area (Å²) in [6.45, 7) is 8.67. The van der Waals surface area contributed by atoms with E-state index in [0.29, 0.717) is 25.0 Å². The minimum atomic E-state index is 0.539. The third kappa shape index (κ3) is 6.02. The molecule has 0 spiro atoms. The van der Waals surface area contributed by atoms with E-state index in [1.54, 1.807) is 0 Å². The number of rotatable bonds is 9. The Morgan fingerprint density at radius 2 is 2.04 bits per heavy atom. The molecule has 126 valence electrons. The minimum Gasteiger partial charge on any atom is -0.493 e. The van der Waals surface area contributed by atoms with Crippen molar-refractivity contribution in [3.8, 4) is 5.75 Å². The zero-order chi connectivity index (χ0) is 16.7. The standard InChI is InChI=1S/C18H27N3O2/c1-14(2)12-17-19-18(23-20-17)13-21(4)10-7-11-22-16-9-6-5-8-15(16)3/h5-6,8-9,14H,7,10-13H2,1-4H3. The van der Waals surface area contributed by atoms with Crippen molar-refractivity contribution < 1.29 is 9.26 Å². The molecule has 2 aromatic rings. The molecule has 1 aromatic carbocycles. The second-order valence-corrected chi connectivity index (χ2v) is 6.41. The number of aryl methyl sites for hydroxylation is 1. The van der Waals surface area contributed by atoms with Crippen molar-refractivity contribution in [2.24, 2.45) is 5.92 Å². The first-order chi connectivity index (χ1) is 11.0. The number of ether oxygens (including phenoxy) is 1. The Hall–Kier alpha value is -1.88. The van der Waals surface area contributed by atoms with Gasteiger partial charge in [0.15, 0.2) is 5.82 Å². The SMILES string of the molecule is Cc1ccccc1OCCCN(C)Cc1nc(CC(C)C)no1. The molecule has 0 aliphatic carbocycles. The highest BCUT2D eigenvalue weighted by molar-refractivity contribution is 5.31. The van der Waals surface area contributed by atoms with Gasteiger partial charge in [-0.1, -0.05) is 37.2 Å². The van der Waals surface area contributed by atoms with Crippen molar-refractivity contribution >= 4 is 0 Å². The third-order valence-corrected chi connectivity index (χ3v) is 3.54. The van der Waals surface area contributed by atoms with E-state index < -0.39 is 0 Å². The van der Waals surface area contributed by atoms with Gasteiger partial charge >= 0.3 is 0 Å². The molecule has 1 aromatic heterocycles. The normalized spacial score (nSPS) is 11.4. The van der Waals surface area contributed by atoms with Crippen LogP contribution < -0.4 is 4.74 Å². The van der Waals surface area contributed by atoms with Crippen LogP contribution in [-0.4, -0.2) is 35.2 Å². The zero-order valence-corrected chi connectivity index (χ0v) is 14.6. The predicted octanol–water partition coefficient (Wildman–Crippen LogP) is 3.48. The summed E-state index contributed by atoms with van der Waals surface area (Å²) in [4.78, 5) is 6.60. The van der Waals surface area contributed by atoms with Crippen molar-refractivity contribution in [2.75, 3.05) is 20.2 Å². The molecule has 0 saturated heterocycles. The van der Waals surface area contributed by atoms with Crippen LogP contribution >= 0.6 is 0 Å². The maximum atomic E-state index is 5.81. The molecule has 0 aliphatic heterocycles. The van der Waals surface area contributed by atoms with Gasteiger partial charge in [0.1, 0.15) is 5.75 Å². The molecule has 0 radical (unpaired) electrons. The highest BCUT2D eigenvalue weighted by atomic mass is 16.5. The first kappa shape index (κ1) is 17.5. The van der Waals surface area contributed by atoms with Crippen LogP contribution in [-0.2, 0) is 13.0 Å². The van der Waals surface area contributed by atoms with Crippen molar-refractivity contribution in [3.63, 3.8) is 0 Å². The van der Waals surface area contributed by atoms with Crippen molar-refractivity contribution in [1.29, 1.82) is 0 Å². The lowest BCUT2D eigenvalue weighted by Crippen LogP contribution is -2.21. The molecule has 5 heteroatoms. The molecular formula is C18H27N3O2. The second kappa shape index (κ2) is 8.67. The van der Waals surface area contributed by atoms with Crippen LogP contribution in [0, 0.1) is 12.8 Å². The molecule has 0 N–H and O–H groups in total. The summed E-state index contributed by atoms with van der Waals surface area (Å²) >= 11 is 0. The highest BCUT2D eigenvalue weighted by Crippen LogP contribution is 2.16. The van der Waals surface area contributed by atoms with Gasteiger partial charge in [0.05, 0.1) is 13.2 Å². The van der Waals surface area contributed by atoms with Gasteiger partial charge in [-0.15, -0.1) is 0 Å². The predicted molar refractivity (Wildman–Crippen MR) is 90.5 cm³/mol. The number of para-hydroxylation sites is 1. The fourth-order valence-corrected chi connectivity index (χ4v) is 2.35. The van der Waals surface area contributed by atoms with Crippen LogP contribution in [0.15, 0.2) is 28.8 Å². The van der Waals surface area contributed by atoms with Gasteiger partial charge < -0.3 is 9.26 Å². The van der Waals surface area contributed by atoms with Crippen molar-refractivity contribution in [3.05, 3.63) is 41.5 Å². The molecule has 0 amide bonds. The van der Waals surface area contributed by atoms with Crippen LogP contribution in [0.2, 0.25) is 0 Å².